The third kappa shape index (κ3) is 4.26. The number of benzene rings is 2. The molecule has 0 heterocycles. The molecule has 0 bridgehead atoms. The fourth-order valence-corrected chi connectivity index (χ4v) is 2.39. The summed E-state index contributed by atoms with van der Waals surface area (Å²) in [7, 11) is 0. The average molecular weight is 348 g/mol. The molecule has 2 N–H and O–H groups in total. The first kappa shape index (κ1) is 17.8. The lowest BCUT2D eigenvalue weighted by Crippen LogP contribution is -2.30. The van der Waals surface area contributed by atoms with Crippen LogP contribution in [0.2, 0.25) is 5.02 Å². The van der Waals surface area contributed by atoms with E-state index in [2.05, 4.69) is 5.32 Å². The number of amides is 1. The quantitative estimate of drug-likeness (QED) is 0.855. The number of rotatable bonds is 5. The lowest BCUT2D eigenvalue weighted by molar-refractivity contribution is -0.122. The van der Waals surface area contributed by atoms with Gasteiger partial charge < -0.3 is 15.2 Å². The smallest absolute Gasteiger partial charge is 0.335 e. The maximum absolute atomic E-state index is 12.3. The highest BCUT2D eigenvalue weighted by molar-refractivity contribution is 6.30. The molecular weight excluding hydrogens is 330 g/mol. The Kier molecular flexibility index (Phi) is 5.46. The molecule has 2 aromatic carbocycles. The summed E-state index contributed by atoms with van der Waals surface area (Å²) in [5, 5.41) is 12.3. The van der Waals surface area contributed by atoms with Crippen molar-refractivity contribution in [3.63, 3.8) is 0 Å². The second-order valence-electron chi connectivity index (χ2n) is 5.49. The number of carboxylic acid groups (broad SMARTS) is 1. The summed E-state index contributed by atoms with van der Waals surface area (Å²) < 4.78 is 5.67. The fraction of sp³-hybridized carbons (Fsp3) is 0.222. The van der Waals surface area contributed by atoms with Crippen LogP contribution in [0.3, 0.4) is 0 Å². The first-order valence-corrected chi connectivity index (χ1v) is 7.73. The van der Waals surface area contributed by atoms with Gasteiger partial charge in [0.2, 0.25) is 0 Å². The molecule has 0 radical (unpaired) electrons. The highest BCUT2D eigenvalue weighted by Crippen LogP contribution is 2.23. The Bertz CT molecular complexity index is 789. The molecule has 24 heavy (non-hydrogen) atoms. The van der Waals surface area contributed by atoms with Crippen molar-refractivity contribution in [3.8, 4) is 5.75 Å². The molecule has 5 nitrogen and oxygen atoms in total. The largest absolute Gasteiger partial charge is 0.481 e. The number of nitrogens with one attached hydrogen (secondary N) is 1. The third-order valence-electron chi connectivity index (χ3n) is 3.54. The molecule has 0 saturated carbocycles. The zero-order chi connectivity index (χ0) is 17.9. The second-order valence-corrected chi connectivity index (χ2v) is 5.93. The Hall–Kier alpha value is -2.53. The number of anilines is 1. The number of carbonyl (C=O) groups excluding carboxylic acids is 1. The molecule has 1 unspecified atom stereocenters. The first-order valence-electron chi connectivity index (χ1n) is 7.35. The number of aromatic carboxylic acids is 1. The zero-order valence-corrected chi connectivity index (χ0v) is 14.3. The normalized spacial score (nSPS) is 11.7. The molecule has 0 aliphatic carbocycles. The molecular formula is C18H18ClNO4. The Balaban J connectivity index is 2.07. The highest BCUT2D eigenvalue weighted by Gasteiger charge is 2.17. The second kappa shape index (κ2) is 7.36. The number of carboxylic acids is 1. The topological polar surface area (TPSA) is 75.6 Å². The summed E-state index contributed by atoms with van der Waals surface area (Å²) in [5.74, 6) is -0.749. The summed E-state index contributed by atoms with van der Waals surface area (Å²) in [5.41, 5.74) is 2.22. The predicted molar refractivity (Wildman–Crippen MR) is 93.0 cm³/mol. The lowest BCUT2D eigenvalue weighted by Gasteiger charge is -2.17. The van der Waals surface area contributed by atoms with Gasteiger partial charge in [-0.25, -0.2) is 4.79 Å². The maximum atomic E-state index is 12.3. The molecule has 2 aromatic rings. The Morgan fingerprint density at radius 1 is 1.12 bits per heavy atom. The van der Waals surface area contributed by atoms with Gasteiger partial charge in [0.05, 0.1) is 5.56 Å². The summed E-state index contributed by atoms with van der Waals surface area (Å²) in [4.78, 5) is 23.2. The van der Waals surface area contributed by atoms with E-state index in [1.54, 1.807) is 38.1 Å². The zero-order valence-electron chi connectivity index (χ0n) is 13.6. The lowest BCUT2D eigenvalue weighted by atomic mass is 10.1. The molecule has 0 fully saturated rings. The monoisotopic (exact) mass is 347 g/mol. The SMILES string of the molecule is Cc1cc(C(=O)O)ccc1NC(=O)C(C)Oc1ccc(Cl)cc1C. The number of ether oxygens (including phenoxy) is 1. The molecule has 1 amide bonds. The van der Waals surface area contributed by atoms with Gasteiger partial charge in [-0.05, 0) is 68.3 Å². The number of halogens is 1. The third-order valence-corrected chi connectivity index (χ3v) is 3.78. The summed E-state index contributed by atoms with van der Waals surface area (Å²) in [6.07, 6.45) is -0.719. The van der Waals surface area contributed by atoms with E-state index in [0.29, 0.717) is 22.0 Å². The van der Waals surface area contributed by atoms with E-state index in [0.717, 1.165) is 5.56 Å². The molecule has 0 aromatic heterocycles. The minimum Gasteiger partial charge on any atom is -0.481 e. The fourth-order valence-electron chi connectivity index (χ4n) is 2.16. The molecule has 0 spiro atoms. The van der Waals surface area contributed by atoms with Crippen molar-refractivity contribution in [2.24, 2.45) is 0 Å². The van der Waals surface area contributed by atoms with Gasteiger partial charge in [-0.3, -0.25) is 4.79 Å². The molecule has 0 aliphatic heterocycles. The molecule has 126 valence electrons. The number of hydrogen-bond donors (Lipinski definition) is 2. The standard InChI is InChI=1S/C18H18ClNO4/c1-10-8-13(18(22)23)4-6-15(10)20-17(21)12(3)24-16-7-5-14(19)9-11(16)2/h4-9,12H,1-3H3,(H,20,21)(H,22,23). The van der Waals surface area contributed by atoms with E-state index in [9.17, 15) is 9.59 Å². The van der Waals surface area contributed by atoms with Crippen molar-refractivity contribution < 1.29 is 19.4 Å². The predicted octanol–water partition coefficient (Wildman–Crippen LogP) is 4.06. The van der Waals surface area contributed by atoms with Crippen molar-refractivity contribution in [2.45, 2.75) is 26.9 Å². The van der Waals surface area contributed by atoms with Gasteiger partial charge in [-0.15, -0.1) is 0 Å². The summed E-state index contributed by atoms with van der Waals surface area (Å²) in [6, 6.07) is 9.69. The van der Waals surface area contributed by atoms with Crippen LogP contribution in [-0.4, -0.2) is 23.1 Å². The number of hydrogen-bond acceptors (Lipinski definition) is 3. The minimum atomic E-state index is -1.01. The van der Waals surface area contributed by atoms with Gasteiger partial charge in [-0.1, -0.05) is 11.6 Å². The van der Waals surface area contributed by atoms with E-state index in [4.69, 9.17) is 21.4 Å². The van der Waals surface area contributed by atoms with Crippen LogP contribution in [0.15, 0.2) is 36.4 Å². The Morgan fingerprint density at radius 2 is 1.83 bits per heavy atom. The van der Waals surface area contributed by atoms with Crippen molar-refractivity contribution in [3.05, 3.63) is 58.1 Å². The van der Waals surface area contributed by atoms with Gasteiger partial charge in [-0.2, -0.15) is 0 Å². The van der Waals surface area contributed by atoms with E-state index in [1.807, 2.05) is 6.92 Å². The molecule has 6 heteroatoms. The van der Waals surface area contributed by atoms with E-state index in [-0.39, 0.29) is 11.5 Å². The van der Waals surface area contributed by atoms with Crippen LogP contribution in [0.1, 0.15) is 28.4 Å². The van der Waals surface area contributed by atoms with Crippen LogP contribution in [0, 0.1) is 13.8 Å². The first-order chi connectivity index (χ1) is 11.3. The molecule has 2 rings (SSSR count). The van der Waals surface area contributed by atoms with Crippen LogP contribution in [0.25, 0.3) is 0 Å². The minimum absolute atomic E-state index is 0.173. The molecule has 0 aliphatic rings. The summed E-state index contributed by atoms with van der Waals surface area (Å²) in [6.45, 7) is 5.22. The van der Waals surface area contributed by atoms with Crippen molar-refractivity contribution in [1.29, 1.82) is 0 Å². The Labute approximate surface area is 145 Å². The maximum Gasteiger partial charge on any atom is 0.335 e. The van der Waals surface area contributed by atoms with E-state index < -0.39 is 12.1 Å². The van der Waals surface area contributed by atoms with Gasteiger partial charge in [0.1, 0.15) is 5.75 Å². The average Bonchev–Trinajstić information content (AvgIpc) is 2.51. The Morgan fingerprint density at radius 3 is 2.42 bits per heavy atom. The van der Waals surface area contributed by atoms with Crippen molar-refractivity contribution >= 4 is 29.2 Å². The molecule has 0 saturated heterocycles. The van der Waals surface area contributed by atoms with Crippen LogP contribution in [0.5, 0.6) is 5.75 Å². The van der Waals surface area contributed by atoms with E-state index in [1.165, 1.54) is 12.1 Å². The highest BCUT2D eigenvalue weighted by atomic mass is 35.5. The number of carbonyl (C=O) groups is 2. The van der Waals surface area contributed by atoms with Crippen LogP contribution in [-0.2, 0) is 4.79 Å². The van der Waals surface area contributed by atoms with Crippen molar-refractivity contribution in [2.75, 3.05) is 5.32 Å². The van der Waals surface area contributed by atoms with Gasteiger partial charge in [0, 0.05) is 10.7 Å². The van der Waals surface area contributed by atoms with Crippen LogP contribution in [0.4, 0.5) is 5.69 Å². The number of aryl methyl sites for hydroxylation is 2. The molecule has 1 atom stereocenters. The van der Waals surface area contributed by atoms with Crippen molar-refractivity contribution in [1.82, 2.24) is 0 Å². The van der Waals surface area contributed by atoms with Crippen LogP contribution < -0.4 is 10.1 Å². The summed E-state index contributed by atoms with van der Waals surface area (Å²) >= 11 is 5.90. The van der Waals surface area contributed by atoms with Gasteiger partial charge >= 0.3 is 5.97 Å². The van der Waals surface area contributed by atoms with Gasteiger partial charge in [0.15, 0.2) is 6.10 Å². The van der Waals surface area contributed by atoms with E-state index >= 15 is 0 Å². The van der Waals surface area contributed by atoms with Gasteiger partial charge in [0.25, 0.3) is 5.91 Å². The van der Waals surface area contributed by atoms with Crippen LogP contribution >= 0.6 is 11.6 Å².